The SMILES string of the molecule is CC(=O)N[C@H]1[C@H](O[C@@H]2[C@H](O)[C@H](O[C@H]3[C@H](O)[C@@H](O)[C@@H](O)O[C@@H]3CO)O[C@H](CO)[C@H]2O)O[C@H](CO)[C@@H](O[C@@H]2O[C@H](CO)[C@H](O)[C@H](O[C@H]3O[C@H](CO[C@@H]4O[C@H](CO)[C@H](O)[C@H](O)[C@H]4O)[C@H](O)[C@H](O[C@@H]4O[C@H](CO)[C@H](O)[C@H](O)[C@H]4O[C@H]4O[C@H](C)[C@H](O)[C@H](O)[C@H]4O)[C@H]3O)[C@H]2NC(C)=O)[C@@H]1O. The number of amides is 2. The van der Waals surface area contributed by atoms with Crippen LogP contribution in [0.5, 0.6) is 0 Å². The molecule has 25 N–H and O–H groups in total. The zero-order valence-electron chi connectivity index (χ0n) is 50.3. The highest BCUT2D eigenvalue weighted by Crippen LogP contribution is 2.39. The van der Waals surface area contributed by atoms with E-state index in [-0.39, 0.29) is 0 Å². The minimum absolute atomic E-state index is 0.920. The summed E-state index contributed by atoms with van der Waals surface area (Å²) < 4.78 is 87.0. The zero-order chi connectivity index (χ0) is 69.2. The van der Waals surface area contributed by atoms with Gasteiger partial charge < -0.3 is 199 Å². The highest BCUT2D eigenvalue weighted by molar-refractivity contribution is 5.73. The average Bonchev–Trinajstić information content (AvgIpc) is 0.777. The van der Waals surface area contributed by atoms with Crippen molar-refractivity contribution in [3.8, 4) is 0 Å². The molecule has 0 aromatic carbocycles. The second kappa shape index (κ2) is 33.3. The van der Waals surface area contributed by atoms with E-state index in [9.17, 15) is 127 Å². The van der Waals surface area contributed by atoms with Crippen LogP contribution in [0.1, 0.15) is 20.8 Å². The van der Waals surface area contributed by atoms with Gasteiger partial charge in [0, 0.05) is 13.8 Å². The maximum Gasteiger partial charge on any atom is 0.217 e. The standard InChI is InChI=1S/C52H88N2O40/c1-11-23(63)30(70)36(76)49(81-11)94-44-32(72)25(65)15(5-56)86-52(44)93-43-28(68)20(10-80-48-35(75)31(71)24(64)14(4-55)84-48)88-51(38(43)78)91-41-22(54-13(3)62)47(83-16(6-57)26(41)66)89-39-19(9-60)87-46(21(29(39)69)53-12(2)61)92-42-27(67)17(7-58)85-50(37(42)77)90-40-18(8-59)82-45(79)34(74)33(40)73/h11,14-52,55-60,63-79H,4-10H2,1-3H3,(H,53,61)(H,54,62)/t11-,14-,15-,16-,17-,18-,19-,20-,21-,22-,23+,24+,25+,26+,27-,28+,29-,30+,31+,32+,33-,34-,35-,36-,37+,38-,39-,40-,41-,42+,43+,44-,45+,46+,47+,48-,49-,50+,51-,52+/m1/s1. The zero-order valence-corrected chi connectivity index (χ0v) is 50.3. The molecule has 0 saturated carbocycles. The average molecular weight is 1380 g/mol. The van der Waals surface area contributed by atoms with Crippen LogP contribution in [0.4, 0.5) is 0 Å². The second-order valence-corrected chi connectivity index (χ2v) is 23.9. The Balaban J connectivity index is 1.08. The minimum atomic E-state index is -2.44. The molecule has 0 radical (unpaired) electrons. The van der Waals surface area contributed by atoms with Crippen molar-refractivity contribution < 1.29 is 198 Å². The second-order valence-electron chi connectivity index (χ2n) is 23.9. The van der Waals surface area contributed by atoms with E-state index in [4.69, 9.17) is 71.1 Å². The van der Waals surface area contributed by atoms with Crippen LogP contribution in [0.3, 0.4) is 0 Å². The Hall–Kier alpha value is -2.58. The summed E-state index contributed by atoms with van der Waals surface area (Å²) in [5.74, 6) is -1.88. The molecule has 0 unspecified atom stereocenters. The van der Waals surface area contributed by atoms with E-state index >= 15 is 0 Å². The third kappa shape index (κ3) is 16.4. The van der Waals surface area contributed by atoms with Gasteiger partial charge in [0.05, 0.1) is 52.4 Å². The van der Waals surface area contributed by atoms with E-state index < -0.39 is 304 Å². The Bertz CT molecular complexity index is 2370. The van der Waals surface area contributed by atoms with Crippen molar-refractivity contribution >= 4 is 11.8 Å². The number of ether oxygens (including phenoxy) is 15. The number of rotatable bonds is 23. The lowest BCUT2D eigenvalue weighted by Crippen LogP contribution is -2.71. The molecule has 0 aromatic heterocycles. The number of carbonyl (C=O) groups excluding carboxylic acids is 2. The van der Waals surface area contributed by atoms with E-state index in [2.05, 4.69) is 10.6 Å². The van der Waals surface area contributed by atoms with Gasteiger partial charge in [0.25, 0.3) is 0 Å². The highest BCUT2D eigenvalue weighted by Gasteiger charge is 2.60. The normalized spacial score (nSPS) is 51.2. The Labute approximate surface area is 532 Å². The van der Waals surface area contributed by atoms with Crippen molar-refractivity contribution in [1.29, 1.82) is 0 Å². The van der Waals surface area contributed by atoms with E-state index in [1.165, 1.54) is 6.92 Å². The molecule has 8 heterocycles. The van der Waals surface area contributed by atoms with Crippen LogP contribution in [0.25, 0.3) is 0 Å². The number of aliphatic hydroxyl groups is 23. The largest absolute Gasteiger partial charge is 0.394 e. The van der Waals surface area contributed by atoms with Crippen LogP contribution in [0, 0.1) is 0 Å². The van der Waals surface area contributed by atoms with E-state index in [0.29, 0.717) is 0 Å². The Morgan fingerprint density at radius 1 is 0.298 bits per heavy atom. The van der Waals surface area contributed by atoms with Crippen LogP contribution in [-0.2, 0) is 80.6 Å². The Morgan fingerprint density at radius 2 is 0.649 bits per heavy atom. The lowest BCUT2D eigenvalue weighted by Gasteiger charge is -2.51. The first-order chi connectivity index (χ1) is 44.4. The fraction of sp³-hybridized carbons (Fsp3) is 0.962. The maximum atomic E-state index is 13.2. The van der Waals surface area contributed by atoms with Gasteiger partial charge in [-0.3, -0.25) is 9.59 Å². The smallest absolute Gasteiger partial charge is 0.217 e. The molecule has 8 aliphatic heterocycles. The molecular weight excluding hydrogens is 1290 g/mol. The Kier molecular flexibility index (Phi) is 27.3. The summed E-state index contributed by atoms with van der Waals surface area (Å²) in [5, 5.41) is 255. The predicted octanol–water partition coefficient (Wildman–Crippen LogP) is -17.1. The molecule has 8 aliphatic rings. The first-order valence-electron chi connectivity index (χ1n) is 30.0. The third-order valence-electron chi connectivity index (χ3n) is 17.4. The predicted molar refractivity (Wildman–Crippen MR) is 286 cm³/mol. The molecule has 0 aliphatic carbocycles. The quantitative estimate of drug-likeness (QED) is 0.0452. The van der Waals surface area contributed by atoms with Gasteiger partial charge in [0.2, 0.25) is 11.8 Å². The van der Waals surface area contributed by atoms with Crippen LogP contribution >= 0.6 is 0 Å². The summed E-state index contributed by atoms with van der Waals surface area (Å²) in [6.07, 6.45) is -75.6. The first kappa shape index (κ1) is 77.2. The van der Waals surface area contributed by atoms with Crippen LogP contribution in [0.15, 0.2) is 0 Å². The van der Waals surface area contributed by atoms with Gasteiger partial charge in [-0.15, -0.1) is 0 Å². The van der Waals surface area contributed by atoms with Crippen molar-refractivity contribution in [2.45, 2.75) is 266 Å². The summed E-state index contributed by atoms with van der Waals surface area (Å²) >= 11 is 0. The number of hydrogen-bond donors (Lipinski definition) is 25. The monoisotopic (exact) mass is 1380 g/mol. The minimum Gasteiger partial charge on any atom is -0.394 e. The number of nitrogens with one attached hydrogen (secondary N) is 2. The van der Waals surface area contributed by atoms with E-state index in [1.807, 2.05) is 0 Å². The van der Waals surface area contributed by atoms with Gasteiger partial charge in [-0.25, -0.2) is 0 Å². The Morgan fingerprint density at radius 3 is 1.21 bits per heavy atom. The lowest BCUT2D eigenvalue weighted by atomic mass is 9.93. The van der Waals surface area contributed by atoms with Crippen LogP contribution < -0.4 is 10.6 Å². The first-order valence-corrected chi connectivity index (χ1v) is 30.0. The molecule has 0 bridgehead atoms. The summed E-state index contributed by atoms with van der Waals surface area (Å²) in [6, 6.07) is -3.85. The van der Waals surface area contributed by atoms with Gasteiger partial charge in [-0.05, 0) is 6.92 Å². The molecule has 546 valence electrons. The number of hydrogen-bond acceptors (Lipinski definition) is 40. The van der Waals surface area contributed by atoms with Gasteiger partial charge in [-0.2, -0.15) is 0 Å². The van der Waals surface area contributed by atoms with Gasteiger partial charge in [0.1, 0.15) is 189 Å². The number of carbonyl (C=O) groups is 2. The topological polar surface area (TPSA) is 662 Å². The van der Waals surface area contributed by atoms with Crippen molar-refractivity contribution in [2.24, 2.45) is 0 Å². The van der Waals surface area contributed by atoms with Crippen molar-refractivity contribution in [1.82, 2.24) is 10.6 Å². The van der Waals surface area contributed by atoms with Crippen molar-refractivity contribution in [3.63, 3.8) is 0 Å². The van der Waals surface area contributed by atoms with E-state index in [0.717, 1.165) is 13.8 Å². The van der Waals surface area contributed by atoms with Gasteiger partial charge in [-0.1, -0.05) is 0 Å². The molecule has 8 rings (SSSR count). The van der Waals surface area contributed by atoms with Gasteiger partial charge >= 0.3 is 0 Å². The van der Waals surface area contributed by atoms with Crippen LogP contribution in [-0.4, -0.2) is 421 Å². The lowest BCUT2D eigenvalue weighted by molar-refractivity contribution is -0.397. The molecule has 94 heavy (non-hydrogen) atoms. The summed E-state index contributed by atoms with van der Waals surface area (Å²) in [7, 11) is 0. The molecule has 0 aromatic rings. The maximum absolute atomic E-state index is 13.2. The molecule has 2 amide bonds. The summed E-state index contributed by atoms with van der Waals surface area (Å²) in [4.78, 5) is 26.1. The molecule has 42 nitrogen and oxygen atoms in total. The third-order valence-corrected chi connectivity index (χ3v) is 17.4. The van der Waals surface area contributed by atoms with Crippen LogP contribution in [0.2, 0.25) is 0 Å². The molecule has 40 atom stereocenters. The van der Waals surface area contributed by atoms with Gasteiger partial charge in [0.15, 0.2) is 50.3 Å². The van der Waals surface area contributed by atoms with E-state index in [1.54, 1.807) is 0 Å². The summed E-state index contributed by atoms with van der Waals surface area (Å²) in [6.45, 7) is -4.06. The molecular formula is C52H88N2O40. The fourth-order valence-corrected chi connectivity index (χ4v) is 12.1. The fourth-order valence-electron chi connectivity index (χ4n) is 12.1. The summed E-state index contributed by atoms with van der Waals surface area (Å²) in [5.41, 5.74) is 0. The highest BCUT2D eigenvalue weighted by atomic mass is 16.8. The van der Waals surface area contributed by atoms with Crippen molar-refractivity contribution in [2.75, 3.05) is 46.2 Å². The number of aliphatic hydroxyl groups excluding tert-OH is 23. The molecule has 0 spiro atoms. The van der Waals surface area contributed by atoms with Crippen molar-refractivity contribution in [3.05, 3.63) is 0 Å². The molecule has 8 saturated heterocycles. The molecule has 42 heteroatoms. The molecule has 8 fully saturated rings.